The van der Waals surface area contributed by atoms with Crippen molar-refractivity contribution in [2.75, 3.05) is 5.32 Å². The smallest absolute Gasteiger partial charge is 0.244 e. The molecule has 0 atom stereocenters. The predicted molar refractivity (Wildman–Crippen MR) is 73.7 cm³/mol. The van der Waals surface area contributed by atoms with Crippen LogP contribution in [-0.2, 0) is 21.4 Å². The van der Waals surface area contributed by atoms with Gasteiger partial charge in [-0.25, -0.2) is 18.5 Å². The molecule has 0 radical (unpaired) electrons. The van der Waals surface area contributed by atoms with Gasteiger partial charge in [0.1, 0.15) is 6.54 Å². The first-order valence-electron chi connectivity index (χ1n) is 5.45. The largest absolute Gasteiger partial charge is 0.325 e. The first kappa shape index (κ1) is 14.5. The van der Waals surface area contributed by atoms with Crippen molar-refractivity contribution < 1.29 is 13.2 Å². The summed E-state index contributed by atoms with van der Waals surface area (Å²) < 4.78 is 23.6. The van der Waals surface area contributed by atoms with E-state index in [1.54, 1.807) is 6.20 Å². The highest BCUT2D eigenvalue weighted by atomic mass is 35.5. The number of carbonyl (C=O) groups excluding carboxylic acids is 1. The Morgan fingerprint density at radius 2 is 2.00 bits per heavy atom. The molecule has 1 amide bonds. The van der Waals surface area contributed by atoms with Gasteiger partial charge in [0, 0.05) is 18.1 Å². The van der Waals surface area contributed by atoms with Gasteiger partial charge in [-0.3, -0.25) is 4.79 Å². The molecular formula is C11H11ClN4O3S. The van der Waals surface area contributed by atoms with Gasteiger partial charge in [-0.15, -0.1) is 0 Å². The van der Waals surface area contributed by atoms with E-state index in [1.165, 1.54) is 35.0 Å². The molecule has 20 heavy (non-hydrogen) atoms. The van der Waals surface area contributed by atoms with Crippen LogP contribution in [0.15, 0.2) is 41.6 Å². The molecule has 3 N–H and O–H groups in total. The second-order valence-electron chi connectivity index (χ2n) is 3.94. The zero-order valence-electron chi connectivity index (χ0n) is 10.2. The van der Waals surface area contributed by atoms with Crippen molar-refractivity contribution in [1.82, 2.24) is 9.55 Å². The van der Waals surface area contributed by atoms with Crippen LogP contribution >= 0.6 is 11.6 Å². The Labute approximate surface area is 120 Å². The molecule has 1 aromatic heterocycles. The Balaban J connectivity index is 2.03. The van der Waals surface area contributed by atoms with Crippen LogP contribution in [0.4, 0.5) is 5.69 Å². The summed E-state index contributed by atoms with van der Waals surface area (Å²) in [5.41, 5.74) is 0.457. The fraction of sp³-hybridized carbons (Fsp3) is 0.0909. The molecule has 0 bridgehead atoms. The maximum atomic E-state index is 11.8. The predicted octanol–water partition coefficient (Wildman–Crippen LogP) is 0.823. The topological polar surface area (TPSA) is 107 Å². The van der Waals surface area contributed by atoms with Gasteiger partial charge in [0.05, 0.1) is 4.90 Å². The summed E-state index contributed by atoms with van der Waals surface area (Å²) in [5, 5.41) is 7.79. The molecule has 0 saturated carbocycles. The minimum Gasteiger partial charge on any atom is -0.325 e. The maximum absolute atomic E-state index is 11.8. The Kier molecular flexibility index (Phi) is 4.07. The number of sulfonamides is 1. The summed E-state index contributed by atoms with van der Waals surface area (Å²) in [6, 6.07) is 5.53. The molecule has 106 valence electrons. The Bertz CT molecular complexity index is 724. The number of anilines is 1. The van der Waals surface area contributed by atoms with Crippen LogP contribution in [0.2, 0.25) is 5.28 Å². The Hall–Kier alpha value is -1.90. The fourth-order valence-corrected chi connectivity index (χ4v) is 2.20. The van der Waals surface area contributed by atoms with E-state index in [0.29, 0.717) is 5.69 Å². The number of nitrogens with one attached hydrogen (secondary N) is 1. The lowest BCUT2D eigenvalue weighted by molar-refractivity contribution is -0.116. The molecule has 2 aromatic rings. The number of primary sulfonamides is 1. The van der Waals surface area contributed by atoms with Crippen LogP contribution < -0.4 is 10.5 Å². The number of imidazole rings is 1. The van der Waals surface area contributed by atoms with Crippen LogP contribution in [0.5, 0.6) is 0 Å². The van der Waals surface area contributed by atoms with E-state index in [1.807, 2.05) is 0 Å². The van der Waals surface area contributed by atoms with E-state index in [-0.39, 0.29) is 22.6 Å². The van der Waals surface area contributed by atoms with Gasteiger partial charge in [-0.05, 0) is 35.9 Å². The van der Waals surface area contributed by atoms with Gasteiger partial charge in [-0.1, -0.05) is 0 Å². The van der Waals surface area contributed by atoms with Gasteiger partial charge in [0.15, 0.2) is 0 Å². The second-order valence-corrected chi connectivity index (χ2v) is 5.84. The van der Waals surface area contributed by atoms with E-state index in [2.05, 4.69) is 10.3 Å². The minimum absolute atomic E-state index is 0.00969. The maximum Gasteiger partial charge on any atom is 0.244 e. The van der Waals surface area contributed by atoms with Gasteiger partial charge in [-0.2, -0.15) is 0 Å². The van der Waals surface area contributed by atoms with Crippen molar-refractivity contribution in [2.24, 2.45) is 5.14 Å². The molecule has 0 saturated heterocycles. The Morgan fingerprint density at radius 1 is 1.35 bits per heavy atom. The van der Waals surface area contributed by atoms with E-state index in [0.717, 1.165) is 0 Å². The number of benzene rings is 1. The lowest BCUT2D eigenvalue weighted by Gasteiger charge is -2.07. The molecule has 1 heterocycles. The molecule has 0 fully saturated rings. The first-order chi connectivity index (χ1) is 9.36. The third-order valence-corrected chi connectivity index (χ3v) is 3.69. The molecule has 0 spiro atoms. The molecule has 9 heteroatoms. The van der Waals surface area contributed by atoms with Gasteiger partial charge >= 0.3 is 0 Å². The van der Waals surface area contributed by atoms with Gasteiger partial charge in [0.2, 0.25) is 21.2 Å². The van der Waals surface area contributed by atoms with Crippen molar-refractivity contribution in [1.29, 1.82) is 0 Å². The van der Waals surface area contributed by atoms with E-state index in [4.69, 9.17) is 16.7 Å². The van der Waals surface area contributed by atoms with Gasteiger partial charge in [0.25, 0.3) is 0 Å². The van der Waals surface area contributed by atoms with Crippen molar-refractivity contribution in [3.8, 4) is 0 Å². The average molecular weight is 315 g/mol. The van der Waals surface area contributed by atoms with Crippen molar-refractivity contribution >= 4 is 33.2 Å². The minimum atomic E-state index is -3.74. The molecule has 0 aliphatic rings. The van der Waals surface area contributed by atoms with Crippen LogP contribution in [0, 0.1) is 0 Å². The highest BCUT2D eigenvalue weighted by Crippen LogP contribution is 2.13. The standard InChI is InChI=1S/C11H11ClN4O3S/c12-11-14-5-6-16(11)7-10(17)15-8-1-3-9(4-2-8)20(13,18)19/h1-6H,7H2,(H,15,17)(H2,13,18,19). The molecule has 7 nitrogen and oxygen atoms in total. The third-order valence-electron chi connectivity index (χ3n) is 2.45. The number of hydrogen-bond acceptors (Lipinski definition) is 4. The highest BCUT2D eigenvalue weighted by Gasteiger charge is 2.09. The summed E-state index contributed by atoms with van der Waals surface area (Å²) in [6.45, 7) is 0.00969. The number of amides is 1. The number of nitrogens with two attached hydrogens (primary N) is 1. The van der Waals surface area contributed by atoms with Crippen molar-refractivity contribution in [2.45, 2.75) is 11.4 Å². The number of carbonyl (C=O) groups is 1. The van der Waals surface area contributed by atoms with Crippen LogP contribution in [0.25, 0.3) is 0 Å². The second kappa shape index (κ2) is 5.61. The van der Waals surface area contributed by atoms with E-state index < -0.39 is 10.0 Å². The number of nitrogens with zero attached hydrogens (tertiary/aromatic N) is 2. The summed E-state index contributed by atoms with van der Waals surface area (Å²) in [4.78, 5) is 15.5. The van der Waals surface area contributed by atoms with Gasteiger partial charge < -0.3 is 9.88 Å². The zero-order valence-corrected chi connectivity index (χ0v) is 11.7. The van der Waals surface area contributed by atoms with Crippen molar-refractivity contribution in [3.05, 3.63) is 41.9 Å². The molecule has 2 rings (SSSR count). The van der Waals surface area contributed by atoms with E-state index in [9.17, 15) is 13.2 Å². The quantitative estimate of drug-likeness (QED) is 0.871. The number of halogens is 1. The van der Waals surface area contributed by atoms with Crippen LogP contribution in [-0.4, -0.2) is 23.9 Å². The summed E-state index contributed by atoms with van der Waals surface area (Å²) in [5.74, 6) is -0.312. The van der Waals surface area contributed by atoms with Crippen LogP contribution in [0.3, 0.4) is 0 Å². The first-order valence-corrected chi connectivity index (χ1v) is 7.38. The molecule has 1 aromatic carbocycles. The van der Waals surface area contributed by atoms with Crippen molar-refractivity contribution in [3.63, 3.8) is 0 Å². The monoisotopic (exact) mass is 314 g/mol. The summed E-state index contributed by atoms with van der Waals surface area (Å²) >= 11 is 5.75. The van der Waals surface area contributed by atoms with E-state index >= 15 is 0 Å². The average Bonchev–Trinajstić information content (AvgIpc) is 2.74. The lowest BCUT2D eigenvalue weighted by atomic mass is 10.3. The number of aromatic nitrogens is 2. The highest BCUT2D eigenvalue weighted by molar-refractivity contribution is 7.89. The fourth-order valence-electron chi connectivity index (χ4n) is 1.51. The Morgan fingerprint density at radius 3 is 2.50 bits per heavy atom. The number of rotatable bonds is 4. The molecular weight excluding hydrogens is 304 g/mol. The van der Waals surface area contributed by atoms with Crippen LogP contribution in [0.1, 0.15) is 0 Å². The SMILES string of the molecule is NS(=O)(=O)c1ccc(NC(=O)Cn2ccnc2Cl)cc1. The third kappa shape index (κ3) is 3.56. The summed E-state index contributed by atoms with van der Waals surface area (Å²) in [7, 11) is -3.74. The molecule has 0 aliphatic heterocycles. The summed E-state index contributed by atoms with van der Waals surface area (Å²) in [6.07, 6.45) is 3.06. The number of hydrogen-bond donors (Lipinski definition) is 2. The molecule has 0 aliphatic carbocycles. The molecule has 0 unspecified atom stereocenters. The zero-order chi connectivity index (χ0) is 14.8. The normalized spacial score (nSPS) is 11.3. The lowest BCUT2D eigenvalue weighted by Crippen LogP contribution is -2.18.